The number of rotatable bonds is 4. The number of carbonyl (C=O) groups is 3. The maximum Gasteiger partial charge on any atom is 0.322 e. The van der Waals surface area contributed by atoms with Crippen LogP contribution in [0.3, 0.4) is 0 Å². The second-order valence-corrected chi connectivity index (χ2v) is 6.32. The van der Waals surface area contributed by atoms with Crippen molar-refractivity contribution in [3.05, 3.63) is 18.2 Å². The Bertz CT molecular complexity index is 617. The smallest absolute Gasteiger partial charge is 0.322 e. The summed E-state index contributed by atoms with van der Waals surface area (Å²) in [5.41, 5.74) is -1.55. The van der Waals surface area contributed by atoms with Crippen LogP contribution < -0.4 is 10.6 Å². The first-order chi connectivity index (χ1) is 10.1. The maximum atomic E-state index is 12.2. The van der Waals surface area contributed by atoms with Crippen molar-refractivity contribution in [2.45, 2.75) is 44.8 Å². The van der Waals surface area contributed by atoms with E-state index in [2.05, 4.69) is 15.6 Å². The Labute approximate surface area is 128 Å². The molecule has 1 fully saturated rings. The van der Waals surface area contributed by atoms with Crippen molar-refractivity contribution in [2.75, 3.05) is 0 Å². The standard InChI is InChI=1S/C14H20N4O4/c1-13(2,3)22-10(19)5-6-14(9-7-18(4)8-15-9)11(20)16-12(21)17-14/h7-8H,5-6H2,1-4H3,(H2,16,17,20,21). The van der Waals surface area contributed by atoms with Crippen LogP contribution in [-0.2, 0) is 26.9 Å². The molecular weight excluding hydrogens is 288 g/mol. The molecule has 2 N–H and O–H groups in total. The van der Waals surface area contributed by atoms with Crippen molar-refractivity contribution < 1.29 is 19.1 Å². The van der Waals surface area contributed by atoms with Crippen molar-refractivity contribution in [1.29, 1.82) is 0 Å². The van der Waals surface area contributed by atoms with Gasteiger partial charge in [0.25, 0.3) is 5.91 Å². The normalized spacial score (nSPS) is 21.5. The highest BCUT2D eigenvalue weighted by atomic mass is 16.6. The van der Waals surface area contributed by atoms with Gasteiger partial charge in [0, 0.05) is 19.7 Å². The fourth-order valence-corrected chi connectivity index (χ4v) is 2.29. The molecule has 1 saturated heterocycles. The molecule has 22 heavy (non-hydrogen) atoms. The van der Waals surface area contributed by atoms with Gasteiger partial charge in [-0.3, -0.25) is 14.9 Å². The van der Waals surface area contributed by atoms with Gasteiger partial charge in [-0.15, -0.1) is 0 Å². The molecule has 8 nitrogen and oxygen atoms in total. The van der Waals surface area contributed by atoms with Crippen LogP contribution in [0.2, 0.25) is 0 Å². The Kier molecular flexibility index (Phi) is 3.95. The van der Waals surface area contributed by atoms with E-state index in [0.29, 0.717) is 5.69 Å². The fourth-order valence-electron chi connectivity index (χ4n) is 2.29. The summed E-state index contributed by atoms with van der Waals surface area (Å²) in [5, 5.41) is 4.78. The van der Waals surface area contributed by atoms with Crippen molar-refractivity contribution in [3.63, 3.8) is 0 Å². The molecule has 0 spiro atoms. The third-order valence-corrected chi connectivity index (χ3v) is 3.21. The number of aryl methyl sites for hydroxylation is 1. The van der Waals surface area contributed by atoms with Gasteiger partial charge in [0.1, 0.15) is 5.60 Å². The molecule has 1 atom stereocenters. The predicted octanol–water partition coefficient (Wildman–Crippen LogP) is 0.577. The van der Waals surface area contributed by atoms with Crippen LogP contribution in [0.5, 0.6) is 0 Å². The van der Waals surface area contributed by atoms with Crippen LogP contribution >= 0.6 is 0 Å². The minimum atomic E-state index is -1.34. The number of imidazole rings is 1. The minimum Gasteiger partial charge on any atom is -0.460 e. The molecule has 0 bridgehead atoms. The topological polar surface area (TPSA) is 102 Å². The lowest BCUT2D eigenvalue weighted by Gasteiger charge is -2.25. The van der Waals surface area contributed by atoms with Gasteiger partial charge in [0.2, 0.25) is 0 Å². The van der Waals surface area contributed by atoms with Crippen LogP contribution in [0.4, 0.5) is 4.79 Å². The Morgan fingerprint density at radius 2 is 2.09 bits per heavy atom. The molecule has 2 heterocycles. The van der Waals surface area contributed by atoms with Gasteiger partial charge in [0.05, 0.1) is 12.0 Å². The van der Waals surface area contributed by atoms with Gasteiger partial charge in [-0.2, -0.15) is 0 Å². The number of nitrogens with zero attached hydrogens (tertiary/aromatic N) is 2. The quantitative estimate of drug-likeness (QED) is 0.625. The summed E-state index contributed by atoms with van der Waals surface area (Å²) in [6.07, 6.45) is 3.24. The van der Waals surface area contributed by atoms with Gasteiger partial charge in [-0.1, -0.05) is 0 Å². The number of aromatic nitrogens is 2. The third kappa shape index (κ3) is 3.26. The first-order valence-electron chi connectivity index (χ1n) is 6.96. The lowest BCUT2D eigenvalue weighted by Crippen LogP contribution is -2.44. The highest BCUT2D eigenvalue weighted by molar-refractivity contribution is 6.07. The number of urea groups is 1. The lowest BCUT2D eigenvalue weighted by molar-refractivity contribution is -0.155. The van der Waals surface area contributed by atoms with Crippen LogP contribution in [0.1, 0.15) is 39.3 Å². The van der Waals surface area contributed by atoms with Crippen molar-refractivity contribution in [1.82, 2.24) is 20.2 Å². The second-order valence-electron chi connectivity index (χ2n) is 6.32. The third-order valence-electron chi connectivity index (χ3n) is 3.21. The summed E-state index contributed by atoms with van der Waals surface area (Å²) in [6, 6.07) is -0.597. The number of carbonyl (C=O) groups excluding carboxylic acids is 3. The van der Waals surface area contributed by atoms with E-state index in [1.807, 2.05) is 0 Å². The van der Waals surface area contributed by atoms with E-state index < -0.39 is 29.0 Å². The molecule has 120 valence electrons. The monoisotopic (exact) mass is 308 g/mol. The highest BCUT2D eigenvalue weighted by Gasteiger charge is 2.49. The number of nitrogens with one attached hydrogen (secondary N) is 2. The molecule has 1 aromatic heterocycles. The van der Waals surface area contributed by atoms with Crippen molar-refractivity contribution in [3.8, 4) is 0 Å². The second kappa shape index (κ2) is 5.43. The molecule has 0 aromatic carbocycles. The number of hydrogen-bond donors (Lipinski definition) is 2. The van der Waals surface area contributed by atoms with E-state index in [-0.39, 0.29) is 12.8 Å². The van der Waals surface area contributed by atoms with E-state index >= 15 is 0 Å². The lowest BCUT2D eigenvalue weighted by atomic mass is 9.90. The molecule has 8 heteroatoms. The first kappa shape index (κ1) is 16.0. The number of amides is 3. The number of imide groups is 1. The number of ether oxygens (including phenoxy) is 1. The molecule has 0 radical (unpaired) electrons. The van der Waals surface area contributed by atoms with Crippen LogP contribution in [0.15, 0.2) is 12.5 Å². The minimum absolute atomic E-state index is 0.0124. The van der Waals surface area contributed by atoms with Gasteiger partial charge in [-0.05, 0) is 27.2 Å². The zero-order chi connectivity index (χ0) is 16.5. The van der Waals surface area contributed by atoms with E-state index in [0.717, 1.165) is 0 Å². The molecule has 1 aliphatic rings. The SMILES string of the molecule is Cn1cnc(C2(CCC(=O)OC(C)(C)C)NC(=O)NC2=O)c1. The zero-order valence-electron chi connectivity index (χ0n) is 13.1. The van der Waals surface area contributed by atoms with Gasteiger partial charge in [0.15, 0.2) is 5.54 Å². The largest absolute Gasteiger partial charge is 0.460 e. The maximum absolute atomic E-state index is 12.2. The number of hydrogen-bond acceptors (Lipinski definition) is 5. The summed E-state index contributed by atoms with van der Waals surface area (Å²) in [4.78, 5) is 39.8. The molecular formula is C14H20N4O4. The van der Waals surface area contributed by atoms with Gasteiger partial charge < -0.3 is 14.6 Å². The Hall–Kier alpha value is -2.38. The summed E-state index contributed by atoms with van der Waals surface area (Å²) in [7, 11) is 1.76. The number of esters is 1. The molecule has 3 amide bonds. The zero-order valence-corrected chi connectivity index (χ0v) is 13.1. The molecule has 0 saturated carbocycles. The molecule has 0 aliphatic carbocycles. The molecule has 1 aromatic rings. The Balaban J connectivity index is 2.19. The Morgan fingerprint density at radius 1 is 1.41 bits per heavy atom. The summed E-state index contributed by atoms with van der Waals surface area (Å²) in [5.74, 6) is -0.948. The Morgan fingerprint density at radius 3 is 2.55 bits per heavy atom. The average molecular weight is 308 g/mol. The van der Waals surface area contributed by atoms with E-state index in [1.54, 1.807) is 38.6 Å². The van der Waals surface area contributed by atoms with Crippen LogP contribution in [-0.4, -0.2) is 33.1 Å². The predicted molar refractivity (Wildman–Crippen MR) is 76.6 cm³/mol. The van der Waals surface area contributed by atoms with Crippen molar-refractivity contribution >= 4 is 17.9 Å². The first-order valence-corrected chi connectivity index (χ1v) is 6.96. The van der Waals surface area contributed by atoms with Crippen LogP contribution in [0.25, 0.3) is 0 Å². The average Bonchev–Trinajstić information content (AvgIpc) is 2.90. The summed E-state index contributed by atoms with van der Waals surface area (Å²) >= 11 is 0. The van der Waals surface area contributed by atoms with Gasteiger partial charge >= 0.3 is 12.0 Å². The van der Waals surface area contributed by atoms with E-state index in [9.17, 15) is 14.4 Å². The summed E-state index contributed by atoms with van der Waals surface area (Å²) < 4.78 is 6.91. The van der Waals surface area contributed by atoms with Crippen LogP contribution in [0, 0.1) is 0 Å². The molecule has 1 aliphatic heterocycles. The summed E-state index contributed by atoms with van der Waals surface area (Å²) in [6.45, 7) is 5.30. The molecule has 2 rings (SSSR count). The van der Waals surface area contributed by atoms with Crippen molar-refractivity contribution in [2.24, 2.45) is 7.05 Å². The van der Waals surface area contributed by atoms with E-state index in [4.69, 9.17) is 4.74 Å². The van der Waals surface area contributed by atoms with E-state index in [1.165, 1.54) is 6.33 Å². The molecule has 1 unspecified atom stereocenters. The van der Waals surface area contributed by atoms with Gasteiger partial charge in [-0.25, -0.2) is 9.78 Å². The highest BCUT2D eigenvalue weighted by Crippen LogP contribution is 2.29. The fraction of sp³-hybridized carbons (Fsp3) is 0.571.